The third kappa shape index (κ3) is 1.80. The van der Waals surface area contributed by atoms with E-state index >= 15 is 0 Å². The van der Waals surface area contributed by atoms with E-state index in [1.807, 2.05) is 6.07 Å². The van der Waals surface area contributed by atoms with Gasteiger partial charge in [0.25, 0.3) is 0 Å². The molecule has 0 saturated heterocycles. The van der Waals surface area contributed by atoms with Crippen molar-refractivity contribution >= 4 is 17.1 Å². The number of H-pyrrole nitrogens is 1. The van der Waals surface area contributed by atoms with Gasteiger partial charge >= 0.3 is 0 Å². The number of aromatic amines is 1. The maximum absolute atomic E-state index is 10.6. The minimum Gasteiger partial charge on any atom is -0.336 e. The molecule has 0 radical (unpaired) electrons. The first-order valence-corrected chi connectivity index (χ1v) is 5.77. The second-order valence-corrected chi connectivity index (χ2v) is 4.37. The van der Waals surface area contributed by atoms with Gasteiger partial charge in [-0.15, -0.1) is 0 Å². The zero-order valence-corrected chi connectivity index (χ0v) is 9.97. The van der Waals surface area contributed by atoms with Crippen molar-refractivity contribution in [3.63, 3.8) is 0 Å². The van der Waals surface area contributed by atoms with Crippen LogP contribution in [0.3, 0.4) is 0 Å². The number of nitrogens with zero attached hydrogens (tertiary/aromatic N) is 1. The summed E-state index contributed by atoms with van der Waals surface area (Å²) in [7, 11) is 0. The molecule has 0 fully saturated rings. The molecule has 3 aromatic rings. The molecule has 0 atom stereocenters. The van der Waals surface area contributed by atoms with E-state index in [4.69, 9.17) is 0 Å². The van der Waals surface area contributed by atoms with Gasteiger partial charge in [0.15, 0.2) is 12.1 Å². The number of imidazole rings is 1. The van der Waals surface area contributed by atoms with Crippen molar-refractivity contribution in [2.75, 3.05) is 0 Å². The van der Waals surface area contributed by atoms with E-state index in [1.165, 1.54) is 16.3 Å². The van der Waals surface area contributed by atoms with E-state index in [0.717, 1.165) is 11.3 Å². The molecular weight excluding hydrogens is 224 g/mol. The number of aryl methyl sites for hydroxylation is 1. The molecule has 0 aliphatic carbocycles. The van der Waals surface area contributed by atoms with Gasteiger partial charge in [0.05, 0.1) is 11.9 Å². The van der Waals surface area contributed by atoms with Crippen LogP contribution in [0.2, 0.25) is 0 Å². The third-order valence-corrected chi connectivity index (χ3v) is 3.01. The van der Waals surface area contributed by atoms with Gasteiger partial charge in [0.1, 0.15) is 0 Å². The van der Waals surface area contributed by atoms with Crippen LogP contribution < -0.4 is 0 Å². The van der Waals surface area contributed by atoms with Crippen molar-refractivity contribution in [2.45, 2.75) is 6.92 Å². The lowest BCUT2D eigenvalue weighted by Crippen LogP contribution is -1.83. The number of fused-ring (bicyclic) bond motifs is 1. The molecule has 1 N–H and O–H groups in total. The molecule has 88 valence electrons. The van der Waals surface area contributed by atoms with E-state index < -0.39 is 0 Å². The first-order valence-electron chi connectivity index (χ1n) is 5.77. The van der Waals surface area contributed by atoms with Crippen molar-refractivity contribution < 1.29 is 4.79 Å². The molecule has 0 saturated carbocycles. The summed E-state index contributed by atoms with van der Waals surface area (Å²) in [6, 6.07) is 12.6. The van der Waals surface area contributed by atoms with Crippen LogP contribution in [0, 0.1) is 6.92 Å². The summed E-state index contributed by atoms with van der Waals surface area (Å²) >= 11 is 0. The van der Waals surface area contributed by atoms with Crippen molar-refractivity contribution in [1.82, 2.24) is 9.97 Å². The third-order valence-electron chi connectivity index (χ3n) is 3.01. The average Bonchev–Trinajstić information content (AvgIpc) is 2.87. The standard InChI is InChI=1S/C15H12N2O/c1-10-2-3-12-7-13(5-4-11(12)6-10)14-8-16-15(9-18)17-14/h2-9H,1H3,(H,16,17). The van der Waals surface area contributed by atoms with Gasteiger partial charge in [-0.25, -0.2) is 4.98 Å². The molecule has 3 nitrogen and oxygen atoms in total. The topological polar surface area (TPSA) is 45.8 Å². The molecule has 3 rings (SSSR count). The molecule has 2 aromatic carbocycles. The fourth-order valence-corrected chi connectivity index (χ4v) is 2.08. The summed E-state index contributed by atoms with van der Waals surface area (Å²) in [5.74, 6) is 0.356. The van der Waals surface area contributed by atoms with Crippen LogP contribution in [0.4, 0.5) is 0 Å². The van der Waals surface area contributed by atoms with Crippen LogP contribution in [0.15, 0.2) is 42.6 Å². The van der Waals surface area contributed by atoms with Crippen LogP contribution in [0.5, 0.6) is 0 Å². The Morgan fingerprint density at radius 3 is 2.67 bits per heavy atom. The number of rotatable bonds is 2. The largest absolute Gasteiger partial charge is 0.336 e. The molecule has 0 spiro atoms. The van der Waals surface area contributed by atoms with Crippen molar-refractivity contribution in [3.8, 4) is 11.3 Å². The lowest BCUT2D eigenvalue weighted by atomic mass is 10.0. The summed E-state index contributed by atoms with van der Waals surface area (Å²) in [6.45, 7) is 2.08. The number of carbonyl (C=O) groups excluding carboxylic acids is 1. The Morgan fingerprint density at radius 1 is 1.11 bits per heavy atom. The quantitative estimate of drug-likeness (QED) is 0.693. The lowest BCUT2D eigenvalue weighted by Gasteiger charge is -2.02. The highest BCUT2D eigenvalue weighted by atomic mass is 16.1. The maximum atomic E-state index is 10.6. The lowest BCUT2D eigenvalue weighted by molar-refractivity contribution is 0.111. The molecule has 1 heterocycles. The molecule has 0 amide bonds. The van der Waals surface area contributed by atoms with Crippen molar-refractivity contribution in [1.29, 1.82) is 0 Å². The van der Waals surface area contributed by atoms with Gasteiger partial charge in [0, 0.05) is 5.56 Å². The number of hydrogen-bond donors (Lipinski definition) is 1. The normalized spacial score (nSPS) is 10.7. The summed E-state index contributed by atoms with van der Waals surface area (Å²) in [4.78, 5) is 17.6. The van der Waals surface area contributed by atoms with Gasteiger partial charge in [-0.1, -0.05) is 35.9 Å². The second-order valence-electron chi connectivity index (χ2n) is 4.37. The predicted molar refractivity (Wildman–Crippen MR) is 71.7 cm³/mol. The molecule has 0 bridgehead atoms. The number of aldehydes is 1. The first kappa shape index (κ1) is 10.7. The van der Waals surface area contributed by atoms with E-state index in [2.05, 4.69) is 47.2 Å². The van der Waals surface area contributed by atoms with E-state index in [9.17, 15) is 4.79 Å². The molecule has 3 heteroatoms. The average molecular weight is 236 g/mol. The summed E-state index contributed by atoms with van der Waals surface area (Å²) < 4.78 is 0. The fourth-order valence-electron chi connectivity index (χ4n) is 2.08. The van der Waals surface area contributed by atoms with Gasteiger partial charge in [-0.05, 0) is 23.8 Å². The Morgan fingerprint density at radius 2 is 1.89 bits per heavy atom. The Bertz CT molecular complexity index is 728. The van der Waals surface area contributed by atoms with Crippen molar-refractivity contribution in [3.05, 3.63) is 54.0 Å². The first-order chi connectivity index (χ1) is 8.76. The summed E-state index contributed by atoms with van der Waals surface area (Å²) in [6.07, 6.45) is 2.40. The minimum absolute atomic E-state index is 0.356. The van der Waals surface area contributed by atoms with Crippen LogP contribution in [-0.4, -0.2) is 16.3 Å². The highest BCUT2D eigenvalue weighted by Crippen LogP contribution is 2.23. The molecular formula is C15H12N2O. The van der Waals surface area contributed by atoms with E-state index in [0.29, 0.717) is 12.1 Å². The summed E-state index contributed by atoms with van der Waals surface area (Å²) in [5.41, 5.74) is 3.14. The molecule has 1 aromatic heterocycles. The monoisotopic (exact) mass is 236 g/mol. The van der Waals surface area contributed by atoms with Gasteiger partial charge in [-0.2, -0.15) is 0 Å². The molecule has 0 aliphatic rings. The zero-order chi connectivity index (χ0) is 12.5. The SMILES string of the molecule is Cc1ccc2cc(-c3cnc(C=O)[nH]3)ccc2c1. The van der Waals surface area contributed by atoms with Gasteiger partial charge < -0.3 is 4.98 Å². The number of carbonyl (C=O) groups is 1. The van der Waals surface area contributed by atoms with Crippen LogP contribution in [0.25, 0.3) is 22.0 Å². The van der Waals surface area contributed by atoms with Gasteiger partial charge in [-0.3, -0.25) is 4.79 Å². The molecule has 18 heavy (non-hydrogen) atoms. The highest BCUT2D eigenvalue weighted by Gasteiger charge is 2.03. The fraction of sp³-hybridized carbons (Fsp3) is 0.0667. The van der Waals surface area contributed by atoms with E-state index in [1.54, 1.807) is 6.20 Å². The Hall–Kier alpha value is -2.42. The predicted octanol–water partition coefficient (Wildman–Crippen LogP) is 3.35. The smallest absolute Gasteiger partial charge is 0.185 e. The van der Waals surface area contributed by atoms with Crippen molar-refractivity contribution in [2.24, 2.45) is 0 Å². The number of nitrogens with one attached hydrogen (secondary N) is 1. The van der Waals surface area contributed by atoms with Crippen LogP contribution >= 0.6 is 0 Å². The summed E-state index contributed by atoms with van der Waals surface area (Å²) in [5, 5.41) is 2.40. The number of benzene rings is 2. The second kappa shape index (κ2) is 4.11. The Labute approximate surface area is 104 Å². The Balaban J connectivity index is 2.12. The van der Waals surface area contributed by atoms with Crippen LogP contribution in [0.1, 0.15) is 16.2 Å². The van der Waals surface area contributed by atoms with E-state index in [-0.39, 0.29) is 0 Å². The highest BCUT2D eigenvalue weighted by molar-refractivity contribution is 5.87. The molecule has 0 unspecified atom stereocenters. The minimum atomic E-state index is 0.356. The maximum Gasteiger partial charge on any atom is 0.185 e. The van der Waals surface area contributed by atoms with Crippen LogP contribution in [-0.2, 0) is 0 Å². The number of aromatic nitrogens is 2. The molecule has 0 aliphatic heterocycles. The Kier molecular flexibility index (Phi) is 2.45. The number of hydrogen-bond acceptors (Lipinski definition) is 2. The van der Waals surface area contributed by atoms with Gasteiger partial charge in [0.2, 0.25) is 0 Å². The zero-order valence-electron chi connectivity index (χ0n) is 9.97.